The van der Waals surface area contributed by atoms with Crippen LogP contribution in [0.4, 0.5) is 0 Å². The Morgan fingerprint density at radius 3 is 2.06 bits per heavy atom. The van der Waals surface area contributed by atoms with Gasteiger partial charge in [-0.05, 0) is 11.5 Å². The molecule has 1 aromatic carbocycles. The number of benzene rings is 1. The van der Waals surface area contributed by atoms with Crippen molar-refractivity contribution in [3.8, 4) is 5.75 Å². The number of para-hydroxylation sites is 1. The highest BCUT2D eigenvalue weighted by Crippen LogP contribution is 2.35. The quantitative estimate of drug-likeness (QED) is 0.901. The summed E-state index contributed by atoms with van der Waals surface area (Å²) in [6.45, 7) is 5.77. The van der Waals surface area contributed by atoms with E-state index >= 15 is 0 Å². The lowest BCUT2D eigenvalue weighted by atomic mass is 9.86. The number of rotatable bonds is 2. The van der Waals surface area contributed by atoms with Gasteiger partial charge in [-0.1, -0.05) is 32.9 Å². The van der Waals surface area contributed by atoms with E-state index in [0.29, 0.717) is 5.56 Å². The molecule has 6 heteroatoms. The molecule has 1 N–H and O–H groups in total. The highest BCUT2D eigenvalue weighted by molar-refractivity contribution is 8.93. The Bertz CT molecular complexity index is 519. The smallest absolute Gasteiger partial charge is 0.246 e. The van der Waals surface area contributed by atoms with Gasteiger partial charge in [-0.25, -0.2) is 12.7 Å². The van der Waals surface area contributed by atoms with Gasteiger partial charge in [-0.15, -0.1) is 17.0 Å². The summed E-state index contributed by atoms with van der Waals surface area (Å²) in [5, 5.41) is 10.1. The van der Waals surface area contributed by atoms with Gasteiger partial charge in [0.25, 0.3) is 0 Å². The number of aromatic hydroxyl groups is 1. The van der Waals surface area contributed by atoms with E-state index in [1.807, 2.05) is 20.8 Å². The Hall–Kier alpha value is -0.590. The lowest BCUT2D eigenvalue weighted by molar-refractivity contribution is 0.428. The van der Waals surface area contributed by atoms with Crippen LogP contribution in [0.25, 0.3) is 0 Å². The summed E-state index contributed by atoms with van der Waals surface area (Å²) in [6.07, 6.45) is 0. The third-order valence-electron chi connectivity index (χ3n) is 2.57. The molecule has 0 aromatic heterocycles. The zero-order chi connectivity index (χ0) is 13.4. The Balaban J connectivity index is 0.00000289. The van der Waals surface area contributed by atoms with Crippen LogP contribution >= 0.6 is 17.0 Å². The van der Waals surface area contributed by atoms with Crippen molar-refractivity contribution in [2.75, 3.05) is 14.1 Å². The van der Waals surface area contributed by atoms with Crippen LogP contribution in [0.5, 0.6) is 5.75 Å². The predicted molar refractivity (Wildman–Crippen MR) is 78.0 cm³/mol. The monoisotopic (exact) mass is 337 g/mol. The minimum absolute atomic E-state index is 0. The van der Waals surface area contributed by atoms with E-state index in [2.05, 4.69) is 0 Å². The largest absolute Gasteiger partial charge is 0.506 e. The Morgan fingerprint density at radius 1 is 1.17 bits per heavy atom. The summed E-state index contributed by atoms with van der Waals surface area (Å²) in [5.41, 5.74) is 0.322. The number of nitrogens with zero attached hydrogens (tertiary/aromatic N) is 1. The van der Waals surface area contributed by atoms with Crippen LogP contribution in [0.15, 0.2) is 23.1 Å². The molecule has 0 fully saturated rings. The number of phenolic OH excluding ortho intramolecular Hbond substituents is 1. The van der Waals surface area contributed by atoms with Gasteiger partial charge in [0, 0.05) is 19.7 Å². The van der Waals surface area contributed by atoms with E-state index in [1.54, 1.807) is 12.1 Å². The molecule has 0 saturated carbocycles. The lowest BCUT2D eigenvalue weighted by Crippen LogP contribution is -2.23. The van der Waals surface area contributed by atoms with Crippen LogP contribution in [0.2, 0.25) is 0 Å². The molecular weight excluding hydrogens is 318 g/mol. The van der Waals surface area contributed by atoms with Gasteiger partial charge in [-0.3, -0.25) is 0 Å². The third-order valence-corrected chi connectivity index (χ3v) is 4.41. The molecular formula is C12H20BrNO3S. The third kappa shape index (κ3) is 3.24. The average molecular weight is 338 g/mol. The molecule has 1 rings (SSSR count). The Labute approximate surface area is 119 Å². The first-order valence-electron chi connectivity index (χ1n) is 5.33. The SMILES string of the molecule is Br.CN(C)S(=O)(=O)c1cccc(C(C)(C)C)c1O. The first-order chi connectivity index (χ1) is 7.58. The van der Waals surface area contributed by atoms with Crippen molar-refractivity contribution in [2.24, 2.45) is 0 Å². The summed E-state index contributed by atoms with van der Waals surface area (Å²) in [5.74, 6) is -0.159. The highest BCUT2D eigenvalue weighted by Gasteiger charge is 2.26. The van der Waals surface area contributed by atoms with E-state index in [0.717, 1.165) is 4.31 Å². The van der Waals surface area contributed by atoms with Crippen LogP contribution < -0.4 is 0 Å². The second-order valence-corrected chi connectivity index (χ2v) is 7.31. The van der Waals surface area contributed by atoms with E-state index < -0.39 is 10.0 Å². The standard InChI is InChI=1S/C12H19NO3S.BrH/c1-12(2,3)9-7-6-8-10(11(9)14)17(15,16)13(4)5;/h6-8,14H,1-5H3;1H. The molecule has 0 bridgehead atoms. The normalized spacial score (nSPS) is 12.3. The number of sulfonamides is 1. The fourth-order valence-corrected chi connectivity index (χ4v) is 2.53. The molecule has 0 amide bonds. The molecule has 4 nitrogen and oxygen atoms in total. The summed E-state index contributed by atoms with van der Waals surface area (Å²) in [4.78, 5) is -0.0464. The summed E-state index contributed by atoms with van der Waals surface area (Å²) in [6, 6.07) is 4.81. The number of phenols is 1. The van der Waals surface area contributed by atoms with Crippen molar-refractivity contribution < 1.29 is 13.5 Å². The van der Waals surface area contributed by atoms with E-state index in [-0.39, 0.29) is 33.0 Å². The van der Waals surface area contributed by atoms with Gasteiger partial charge >= 0.3 is 0 Å². The van der Waals surface area contributed by atoms with Crippen molar-refractivity contribution >= 4 is 27.0 Å². The topological polar surface area (TPSA) is 57.6 Å². The number of hydrogen-bond acceptors (Lipinski definition) is 3. The van der Waals surface area contributed by atoms with Crippen LogP contribution in [0, 0.1) is 0 Å². The number of hydrogen-bond donors (Lipinski definition) is 1. The zero-order valence-corrected chi connectivity index (χ0v) is 13.8. The molecule has 104 valence electrons. The van der Waals surface area contributed by atoms with Crippen LogP contribution in [0.3, 0.4) is 0 Å². The molecule has 0 aliphatic rings. The van der Waals surface area contributed by atoms with Crippen LogP contribution in [-0.2, 0) is 15.4 Å². The summed E-state index contributed by atoms with van der Waals surface area (Å²) in [7, 11) is -0.721. The summed E-state index contributed by atoms with van der Waals surface area (Å²) >= 11 is 0. The maximum absolute atomic E-state index is 12.0. The molecule has 0 unspecified atom stereocenters. The molecule has 18 heavy (non-hydrogen) atoms. The second-order valence-electron chi connectivity index (χ2n) is 5.19. The zero-order valence-electron chi connectivity index (χ0n) is 11.3. The van der Waals surface area contributed by atoms with Crippen molar-refractivity contribution in [3.05, 3.63) is 23.8 Å². The minimum atomic E-state index is -3.61. The van der Waals surface area contributed by atoms with Crippen LogP contribution in [0.1, 0.15) is 26.3 Å². The van der Waals surface area contributed by atoms with Gasteiger partial charge < -0.3 is 5.11 Å². The van der Waals surface area contributed by atoms with E-state index in [9.17, 15) is 13.5 Å². The van der Waals surface area contributed by atoms with Gasteiger partial charge in [0.05, 0.1) is 0 Å². The van der Waals surface area contributed by atoms with Crippen molar-refractivity contribution in [1.29, 1.82) is 0 Å². The second kappa shape index (κ2) is 5.59. The summed E-state index contributed by atoms with van der Waals surface area (Å²) < 4.78 is 25.1. The van der Waals surface area contributed by atoms with Crippen LogP contribution in [-0.4, -0.2) is 31.9 Å². The first kappa shape index (κ1) is 17.4. The first-order valence-corrected chi connectivity index (χ1v) is 6.77. The van der Waals surface area contributed by atoms with Crippen molar-refractivity contribution in [1.82, 2.24) is 4.31 Å². The molecule has 1 aromatic rings. The minimum Gasteiger partial charge on any atom is -0.506 e. The van der Waals surface area contributed by atoms with Crippen molar-refractivity contribution in [3.63, 3.8) is 0 Å². The van der Waals surface area contributed by atoms with Gasteiger partial charge in [0.1, 0.15) is 10.6 Å². The maximum Gasteiger partial charge on any atom is 0.246 e. The van der Waals surface area contributed by atoms with E-state index in [1.165, 1.54) is 20.2 Å². The van der Waals surface area contributed by atoms with Gasteiger partial charge in [0.2, 0.25) is 10.0 Å². The highest BCUT2D eigenvalue weighted by atomic mass is 79.9. The molecule has 0 saturated heterocycles. The molecule has 0 atom stereocenters. The average Bonchev–Trinajstić information content (AvgIpc) is 2.15. The molecule has 0 heterocycles. The van der Waals surface area contributed by atoms with Crippen molar-refractivity contribution in [2.45, 2.75) is 31.1 Å². The fraction of sp³-hybridized carbons (Fsp3) is 0.500. The Morgan fingerprint density at radius 2 is 1.67 bits per heavy atom. The molecule has 0 spiro atoms. The molecule has 0 aliphatic heterocycles. The maximum atomic E-state index is 12.0. The Kier molecular flexibility index (Phi) is 5.40. The van der Waals surface area contributed by atoms with E-state index in [4.69, 9.17) is 0 Å². The predicted octanol–water partition coefficient (Wildman–Crippen LogP) is 2.52. The number of halogens is 1. The molecule has 0 aliphatic carbocycles. The molecule has 0 radical (unpaired) electrons. The fourth-order valence-electron chi connectivity index (χ4n) is 1.53. The van der Waals surface area contributed by atoms with Gasteiger partial charge in [-0.2, -0.15) is 0 Å². The lowest BCUT2D eigenvalue weighted by Gasteiger charge is -2.22. The van der Waals surface area contributed by atoms with Gasteiger partial charge in [0.15, 0.2) is 0 Å².